The number of aromatic nitrogens is 2. The average molecular weight is 234 g/mol. The SMILES string of the molecule is CCCCCNc1ccn(CCO)n1.Cl. The van der Waals surface area contributed by atoms with Crippen LogP contribution in [0.1, 0.15) is 26.2 Å². The maximum atomic E-state index is 8.69. The van der Waals surface area contributed by atoms with E-state index in [-0.39, 0.29) is 19.0 Å². The van der Waals surface area contributed by atoms with Gasteiger partial charge in [-0.05, 0) is 6.42 Å². The maximum absolute atomic E-state index is 8.69. The van der Waals surface area contributed by atoms with E-state index in [0.717, 1.165) is 12.4 Å². The van der Waals surface area contributed by atoms with Crippen molar-refractivity contribution in [1.82, 2.24) is 9.78 Å². The third-order valence-electron chi connectivity index (χ3n) is 2.06. The highest BCUT2D eigenvalue weighted by Crippen LogP contribution is 2.03. The molecule has 0 atom stereocenters. The molecular formula is C10H20ClN3O. The molecule has 0 saturated carbocycles. The lowest BCUT2D eigenvalue weighted by Crippen LogP contribution is -2.05. The Morgan fingerprint density at radius 2 is 2.27 bits per heavy atom. The highest BCUT2D eigenvalue weighted by molar-refractivity contribution is 5.85. The molecule has 1 aromatic heterocycles. The summed E-state index contributed by atoms with van der Waals surface area (Å²) in [5.74, 6) is 0.898. The van der Waals surface area contributed by atoms with Crippen LogP contribution < -0.4 is 5.32 Å². The molecule has 1 aromatic rings. The second-order valence-electron chi connectivity index (χ2n) is 3.32. The largest absolute Gasteiger partial charge is 0.394 e. The molecule has 0 aliphatic carbocycles. The van der Waals surface area contributed by atoms with Gasteiger partial charge in [-0.15, -0.1) is 12.4 Å². The lowest BCUT2D eigenvalue weighted by Gasteiger charge is -2.01. The first kappa shape index (κ1) is 14.3. The third-order valence-corrected chi connectivity index (χ3v) is 2.06. The number of anilines is 1. The van der Waals surface area contributed by atoms with E-state index in [1.54, 1.807) is 4.68 Å². The summed E-state index contributed by atoms with van der Waals surface area (Å²) in [7, 11) is 0. The number of halogens is 1. The fraction of sp³-hybridized carbons (Fsp3) is 0.700. The monoisotopic (exact) mass is 233 g/mol. The van der Waals surface area contributed by atoms with Crippen LogP contribution in [0, 0.1) is 0 Å². The molecular weight excluding hydrogens is 214 g/mol. The number of rotatable bonds is 7. The summed E-state index contributed by atoms with van der Waals surface area (Å²) in [5, 5.41) is 16.2. The minimum atomic E-state index is 0. The highest BCUT2D eigenvalue weighted by atomic mass is 35.5. The summed E-state index contributed by atoms with van der Waals surface area (Å²) >= 11 is 0. The number of aliphatic hydroxyl groups is 1. The fourth-order valence-electron chi connectivity index (χ4n) is 1.27. The molecule has 88 valence electrons. The van der Waals surface area contributed by atoms with Gasteiger partial charge < -0.3 is 10.4 Å². The van der Waals surface area contributed by atoms with Crippen molar-refractivity contribution in [3.8, 4) is 0 Å². The van der Waals surface area contributed by atoms with Crippen molar-refractivity contribution in [2.24, 2.45) is 0 Å². The lowest BCUT2D eigenvalue weighted by molar-refractivity contribution is 0.269. The Bertz CT molecular complexity index is 253. The van der Waals surface area contributed by atoms with Gasteiger partial charge in [0.15, 0.2) is 0 Å². The van der Waals surface area contributed by atoms with Crippen molar-refractivity contribution in [3.05, 3.63) is 12.3 Å². The van der Waals surface area contributed by atoms with Crippen molar-refractivity contribution in [2.75, 3.05) is 18.5 Å². The molecule has 2 N–H and O–H groups in total. The molecule has 5 heteroatoms. The molecule has 15 heavy (non-hydrogen) atoms. The van der Waals surface area contributed by atoms with E-state index in [0.29, 0.717) is 6.54 Å². The van der Waals surface area contributed by atoms with Crippen LogP contribution in [0.2, 0.25) is 0 Å². The average Bonchev–Trinajstić information content (AvgIpc) is 2.61. The van der Waals surface area contributed by atoms with Crippen molar-refractivity contribution in [3.63, 3.8) is 0 Å². The summed E-state index contributed by atoms with van der Waals surface area (Å²) in [4.78, 5) is 0. The van der Waals surface area contributed by atoms with Crippen LogP contribution in [-0.4, -0.2) is 28.0 Å². The van der Waals surface area contributed by atoms with Crippen LogP contribution >= 0.6 is 12.4 Å². The van der Waals surface area contributed by atoms with Gasteiger partial charge in [0.1, 0.15) is 5.82 Å². The topological polar surface area (TPSA) is 50.1 Å². The Balaban J connectivity index is 0.00000196. The zero-order chi connectivity index (χ0) is 10.2. The van der Waals surface area contributed by atoms with Crippen LogP contribution in [0.15, 0.2) is 12.3 Å². The summed E-state index contributed by atoms with van der Waals surface area (Å²) < 4.78 is 1.74. The van der Waals surface area contributed by atoms with E-state index in [1.165, 1.54) is 19.3 Å². The minimum Gasteiger partial charge on any atom is -0.394 e. The van der Waals surface area contributed by atoms with Crippen molar-refractivity contribution < 1.29 is 5.11 Å². The smallest absolute Gasteiger partial charge is 0.147 e. The first-order valence-corrected chi connectivity index (χ1v) is 5.25. The Hall–Kier alpha value is -0.740. The molecule has 0 aliphatic heterocycles. The normalized spacial score (nSPS) is 9.73. The van der Waals surface area contributed by atoms with E-state index >= 15 is 0 Å². The molecule has 0 aliphatic rings. The first-order valence-electron chi connectivity index (χ1n) is 5.25. The predicted molar refractivity (Wildman–Crippen MR) is 64.6 cm³/mol. The predicted octanol–water partition coefficient (Wildman–Crippen LogP) is 1.90. The van der Waals surface area contributed by atoms with E-state index in [1.807, 2.05) is 12.3 Å². The second kappa shape index (κ2) is 8.56. The Labute approximate surface area is 97.1 Å². The Morgan fingerprint density at radius 3 is 2.93 bits per heavy atom. The van der Waals surface area contributed by atoms with Gasteiger partial charge in [-0.3, -0.25) is 4.68 Å². The maximum Gasteiger partial charge on any atom is 0.147 e. The molecule has 0 saturated heterocycles. The van der Waals surface area contributed by atoms with Gasteiger partial charge in [0, 0.05) is 18.8 Å². The minimum absolute atomic E-state index is 0. The molecule has 0 bridgehead atoms. The van der Waals surface area contributed by atoms with Crippen LogP contribution in [0.5, 0.6) is 0 Å². The van der Waals surface area contributed by atoms with E-state index in [4.69, 9.17) is 5.11 Å². The quantitative estimate of drug-likeness (QED) is 0.708. The molecule has 0 fully saturated rings. The number of unbranched alkanes of at least 4 members (excludes halogenated alkanes) is 2. The van der Waals surface area contributed by atoms with Gasteiger partial charge in [0.2, 0.25) is 0 Å². The zero-order valence-corrected chi connectivity index (χ0v) is 9.96. The van der Waals surface area contributed by atoms with Gasteiger partial charge in [0.05, 0.1) is 13.2 Å². The summed E-state index contributed by atoms with van der Waals surface area (Å²) in [5.41, 5.74) is 0. The summed E-state index contributed by atoms with van der Waals surface area (Å²) in [6.07, 6.45) is 5.55. The lowest BCUT2D eigenvalue weighted by atomic mass is 10.2. The van der Waals surface area contributed by atoms with Gasteiger partial charge in [-0.1, -0.05) is 19.8 Å². The van der Waals surface area contributed by atoms with E-state index in [2.05, 4.69) is 17.3 Å². The summed E-state index contributed by atoms with van der Waals surface area (Å²) in [6.45, 7) is 3.87. The molecule has 0 unspecified atom stereocenters. The van der Waals surface area contributed by atoms with E-state index < -0.39 is 0 Å². The molecule has 1 rings (SSSR count). The number of nitrogens with zero attached hydrogens (tertiary/aromatic N) is 2. The Morgan fingerprint density at radius 1 is 1.47 bits per heavy atom. The van der Waals surface area contributed by atoms with Gasteiger partial charge in [-0.2, -0.15) is 5.10 Å². The first-order chi connectivity index (χ1) is 6.86. The van der Waals surface area contributed by atoms with Gasteiger partial charge in [0.25, 0.3) is 0 Å². The van der Waals surface area contributed by atoms with Crippen LogP contribution in [-0.2, 0) is 6.54 Å². The van der Waals surface area contributed by atoms with Gasteiger partial charge >= 0.3 is 0 Å². The number of hydrogen-bond acceptors (Lipinski definition) is 3. The van der Waals surface area contributed by atoms with Gasteiger partial charge in [-0.25, -0.2) is 0 Å². The summed E-state index contributed by atoms with van der Waals surface area (Å²) in [6, 6.07) is 1.93. The third kappa shape index (κ3) is 5.64. The molecule has 0 amide bonds. The fourth-order valence-corrected chi connectivity index (χ4v) is 1.27. The zero-order valence-electron chi connectivity index (χ0n) is 9.15. The number of aliphatic hydroxyl groups excluding tert-OH is 1. The highest BCUT2D eigenvalue weighted by Gasteiger charge is 1.96. The molecule has 1 heterocycles. The van der Waals surface area contributed by atoms with E-state index in [9.17, 15) is 0 Å². The molecule has 0 spiro atoms. The van der Waals surface area contributed by atoms with Crippen molar-refractivity contribution >= 4 is 18.2 Å². The Kier molecular flexibility index (Phi) is 8.14. The van der Waals surface area contributed by atoms with Crippen LogP contribution in [0.4, 0.5) is 5.82 Å². The van der Waals surface area contributed by atoms with Crippen molar-refractivity contribution in [1.29, 1.82) is 0 Å². The standard InChI is InChI=1S/C10H19N3O.ClH/c1-2-3-4-6-11-10-5-7-13(12-10)8-9-14;/h5,7,14H,2-4,6,8-9H2,1H3,(H,11,12);1H. The number of hydrogen-bond donors (Lipinski definition) is 2. The van der Waals surface area contributed by atoms with Crippen LogP contribution in [0.25, 0.3) is 0 Å². The number of nitrogens with one attached hydrogen (secondary N) is 1. The van der Waals surface area contributed by atoms with Crippen LogP contribution in [0.3, 0.4) is 0 Å². The molecule has 0 radical (unpaired) electrons. The second-order valence-corrected chi connectivity index (χ2v) is 3.32. The molecule has 4 nitrogen and oxygen atoms in total. The molecule has 0 aromatic carbocycles. The van der Waals surface area contributed by atoms with Crippen molar-refractivity contribution in [2.45, 2.75) is 32.7 Å².